The first-order valence-corrected chi connectivity index (χ1v) is 8.83. The monoisotopic (exact) mass is 347 g/mol. The van der Waals surface area contributed by atoms with E-state index in [0.717, 1.165) is 37.0 Å². The van der Waals surface area contributed by atoms with E-state index in [1.165, 1.54) is 6.92 Å². The summed E-state index contributed by atoms with van der Waals surface area (Å²) in [4.78, 5) is 39.9. The highest BCUT2D eigenvalue weighted by atomic mass is 16.3. The average molecular weight is 347 g/mol. The number of carbonyl (C=O) groups is 3. The summed E-state index contributed by atoms with van der Waals surface area (Å²) in [6, 6.07) is 0. The van der Waals surface area contributed by atoms with Gasteiger partial charge in [-0.3, -0.25) is 14.4 Å². The molecule has 7 nitrogen and oxygen atoms in total. The Bertz CT molecular complexity index is 709. The first-order chi connectivity index (χ1) is 11.9. The van der Waals surface area contributed by atoms with E-state index < -0.39 is 11.8 Å². The fourth-order valence-electron chi connectivity index (χ4n) is 3.80. The molecule has 0 bridgehead atoms. The molecule has 1 atom stereocenters. The molecule has 0 unspecified atom stereocenters. The minimum Gasteiger partial charge on any atom is -0.465 e. The van der Waals surface area contributed by atoms with Gasteiger partial charge in [0, 0.05) is 45.1 Å². The SMILES string of the molecule is CC(=O)N1CCN(C(=O)c2c(C)oc3c2CCCC3)C[C@H](C(N)=O)C1. The zero-order chi connectivity index (χ0) is 18.1. The maximum Gasteiger partial charge on any atom is 0.257 e. The number of rotatable bonds is 2. The Hall–Kier alpha value is -2.31. The standard InChI is InChI=1S/C18H25N3O4/c1-11-16(14-5-3-4-6-15(14)25-11)18(24)21-8-7-20(12(2)22)9-13(10-21)17(19)23/h13H,3-10H2,1-2H3,(H2,19,23)/t13-/m1/s1. The highest BCUT2D eigenvalue weighted by Gasteiger charge is 2.33. The molecule has 25 heavy (non-hydrogen) atoms. The molecule has 1 aromatic heterocycles. The van der Waals surface area contributed by atoms with Gasteiger partial charge in [0.1, 0.15) is 11.5 Å². The van der Waals surface area contributed by atoms with Crippen molar-refractivity contribution in [3.05, 3.63) is 22.6 Å². The number of hydrogen-bond acceptors (Lipinski definition) is 4. The van der Waals surface area contributed by atoms with Crippen LogP contribution in [-0.4, -0.2) is 53.7 Å². The Morgan fingerprint density at radius 2 is 1.72 bits per heavy atom. The zero-order valence-corrected chi connectivity index (χ0v) is 14.8. The molecular formula is C18H25N3O4. The van der Waals surface area contributed by atoms with Gasteiger partial charge in [0.05, 0.1) is 11.5 Å². The predicted octanol–water partition coefficient (Wildman–Crippen LogP) is 0.873. The van der Waals surface area contributed by atoms with Crippen molar-refractivity contribution in [1.82, 2.24) is 9.80 Å². The number of nitrogens with zero attached hydrogens (tertiary/aromatic N) is 2. The van der Waals surface area contributed by atoms with Crippen molar-refractivity contribution in [2.75, 3.05) is 26.2 Å². The molecule has 1 aromatic rings. The van der Waals surface area contributed by atoms with Crippen molar-refractivity contribution >= 4 is 17.7 Å². The fourth-order valence-corrected chi connectivity index (χ4v) is 3.80. The number of amides is 3. The third-order valence-electron chi connectivity index (χ3n) is 5.22. The lowest BCUT2D eigenvalue weighted by Crippen LogP contribution is -2.41. The van der Waals surface area contributed by atoms with E-state index in [2.05, 4.69) is 0 Å². The average Bonchev–Trinajstić information content (AvgIpc) is 2.75. The van der Waals surface area contributed by atoms with Crippen molar-refractivity contribution in [3.63, 3.8) is 0 Å². The van der Waals surface area contributed by atoms with Gasteiger partial charge in [0.25, 0.3) is 5.91 Å². The summed E-state index contributed by atoms with van der Waals surface area (Å²) in [6.45, 7) is 4.57. The third-order valence-corrected chi connectivity index (χ3v) is 5.22. The van der Waals surface area contributed by atoms with Crippen molar-refractivity contribution in [3.8, 4) is 0 Å². The molecule has 7 heteroatoms. The fraction of sp³-hybridized carbons (Fsp3) is 0.611. The second-order valence-electron chi connectivity index (χ2n) is 6.96. The van der Waals surface area contributed by atoms with Crippen LogP contribution in [0.3, 0.4) is 0 Å². The van der Waals surface area contributed by atoms with Gasteiger partial charge in [-0.2, -0.15) is 0 Å². The summed E-state index contributed by atoms with van der Waals surface area (Å²) in [5.41, 5.74) is 7.13. The smallest absolute Gasteiger partial charge is 0.257 e. The van der Waals surface area contributed by atoms with Crippen molar-refractivity contribution < 1.29 is 18.8 Å². The Labute approximate surface area is 147 Å². The number of fused-ring (bicyclic) bond motifs is 1. The predicted molar refractivity (Wildman–Crippen MR) is 90.9 cm³/mol. The zero-order valence-electron chi connectivity index (χ0n) is 14.8. The van der Waals surface area contributed by atoms with Gasteiger partial charge in [0.15, 0.2) is 0 Å². The van der Waals surface area contributed by atoms with E-state index in [9.17, 15) is 14.4 Å². The van der Waals surface area contributed by atoms with E-state index in [4.69, 9.17) is 10.2 Å². The van der Waals surface area contributed by atoms with Crippen LogP contribution in [0.25, 0.3) is 0 Å². The second kappa shape index (κ2) is 6.90. The molecule has 0 radical (unpaired) electrons. The minimum atomic E-state index is -0.557. The summed E-state index contributed by atoms with van der Waals surface area (Å²) < 4.78 is 5.81. The maximum absolute atomic E-state index is 13.2. The Kier molecular flexibility index (Phi) is 4.83. The van der Waals surface area contributed by atoms with E-state index in [1.54, 1.807) is 9.80 Å². The number of furan rings is 1. The summed E-state index contributed by atoms with van der Waals surface area (Å²) in [6.07, 6.45) is 3.84. The molecule has 0 aromatic carbocycles. The second-order valence-corrected chi connectivity index (χ2v) is 6.96. The number of hydrogen-bond donors (Lipinski definition) is 1. The van der Waals surface area contributed by atoms with Crippen LogP contribution in [-0.2, 0) is 22.4 Å². The molecule has 136 valence electrons. The lowest BCUT2D eigenvalue weighted by atomic mass is 9.94. The lowest BCUT2D eigenvalue weighted by molar-refractivity contribution is -0.130. The van der Waals surface area contributed by atoms with Gasteiger partial charge >= 0.3 is 0 Å². The first kappa shape index (κ1) is 17.5. The van der Waals surface area contributed by atoms with E-state index in [0.29, 0.717) is 24.4 Å². The molecule has 1 fully saturated rings. The van der Waals surface area contributed by atoms with Crippen LogP contribution in [0.5, 0.6) is 0 Å². The Morgan fingerprint density at radius 3 is 2.40 bits per heavy atom. The topological polar surface area (TPSA) is 96.8 Å². The summed E-state index contributed by atoms with van der Waals surface area (Å²) in [5.74, 6) is 0.271. The lowest BCUT2D eigenvalue weighted by Gasteiger charge is -2.23. The van der Waals surface area contributed by atoms with Crippen LogP contribution in [0.2, 0.25) is 0 Å². The third kappa shape index (κ3) is 3.41. The molecule has 1 aliphatic carbocycles. The van der Waals surface area contributed by atoms with Crippen LogP contribution < -0.4 is 5.73 Å². The van der Waals surface area contributed by atoms with Crippen LogP contribution in [0.1, 0.15) is 47.2 Å². The quantitative estimate of drug-likeness (QED) is 0.858. The van der Waals surface area contributed by atoms with Gasteiger partial charge < -0.3 is 20.0 Å². The van der Waals surface area contributed by atoms with Crippen LogP contribution >= 0.6 is 0 Å². The molecule has 2 N–H and O–H groups in total. The van der Waals surface area contributed by atoms with Gasteiger partial charge in [0.2, 0.25) is 11.8 Å². The number of aryl methyl sites for hydroxylation is 2. The Balaban J connectivity index is 1.87. The molecule has 2 aliphatic rings. The molecule has 0 saturated carbocycles. The number of primary amides is 1. The maximum atomic E-state index is 13.2. The molecule has 1 saturated heterocycles. The van der Waals surface area contributed by atoms with Crippen molar-refractivity contribution in [2.24, 2.45) is 11.7 Å². The van der Waals surface area contributed by atoms with Crippen LogP contribution in [0.15, 0.2) is 4.42 Å². The molecule has 1 aliphatic heterocycles. The molecular weight excluding hydrogens is 322 g/mol. The molecule has 0 spiro atoms. The van der Waals surface area contributed by atoms with E-state index in [1.807, 2.05) is 6.92 Å². The number of nitrogens with two attached hydrogens (primary N) is 1. The van der Waals surface area contributed by atoms with Gasteiger partial charge in [-0.25, -0.2) is 0 Å². The van der Waals surface area contributed by atoms with E-state index >= 15 is 0 Å². The first-order valence-electron chi connectivity index (χ1n) is 8.83. The van der Waals surface area contributed by atoms with Gasteiger partial charge in [-0.15, -0.1) is 0 Å². The van der Waals surface area contributed by atoms with E-state index in [-0.39, 0.29) is 24.9 Å². The normalized spacial score (nSPS) is 20.8. The van der Waals surface area contributed by atoms with Crippen LogP contribution in [0.4, 0.5) is 0 Å². The van der Waals surface area contributed by atoms with Crippen LogP contribution in [0, 0.1) is 12.8 Å². The molecule has 3 amide bonds. The molecule has 2 heterocycles. The summed E-state index contributed by atoms with van der Waals surface area (Å²) in [5, 5.41) is 0. The number of carbonyl (C=O) groups excluding carboxylic acids is 3. The minimum absolute atomic E-state index is 0.114. The van der Waals surface area contributed by atoms with Crippen molar-refractivity contribution in [2.45, 2.75) is 39.5 Å². The summed E-state index contributed by atoms with van der Waals surface area (Å²) in [7, 11) is 0. The largest absolute Gasteiger partial charge is 0.465 e. The Morgan fingerprint density at radius 1 is 1.08 bits per heavy atom. The van der Waals surface area contributed by atoms with Crippen molar-refractivity contribution in [1.29, 1.82) is 0 Å². The highest BCUT2D eigenvalue weighted by Crippen LogP contribution is 2.30. The molecule has 3 rings (SSSR count). The summed E-state index contributed by atoms with van der Waals surface area (Å²) >= 11 is 0. The highest BCUT2D eigenvalue weighted by molar-refractivity contribution is 5.97. The van der Waals surface area contributed by atoms with Gasteiger partial charge in [-0.05, 0) is 26.2 Å². The van der Waals surface area contributed by atoms with Gasteiger partial charge in [-0.1, -0.05) is 0 Å².